The van der Waals surface area contributed by atoms with E-state index in [1.165, 1.54) is 12.1 Å². The van der Waals surface area contributed by atoms with Crippen LogP contribution in [0.2, 0.25) is 5.02 Å². The number of H-pyrrole nitrogens is 1. The zero-order valence-corrected chi connectivity index (χ0v) is 10.8. The number of rotatable bonds is 1. The molecule has 2 nitrogen and oxygen atoms in total. The molecular weight excluding hydrogens is 289 g/mol. The van der Waals surface area contributed by atoms with E-state index < -0.39 is 11.7 Å². The van der Waals surface area contributed by atoms with Gasteiger partial charge in [0.15, 0.2) is 0 Å². The van der Waals surface area contributed by atoms with E-state index in [0.29, 0.717) is 11.0 Å². The molecule has 0 aliphatic rings. The molecule has 20 heavy (non-hydrogen) atoms. The largest absolute Gasteiger partial charge is 0.417 e. The first kappa shape index (κ1) is 13.0. The molecule has 0 saturated carbocycles. The summed E-state index contributed by atoms with van der Waals surface area (Å²) in [5, 5.41) is 0.0129. The van der Waals surface area contributed by atoms with Gasteiger partial charge in [-0.05, 0) is 24.3 Å². The van der Waals surface area contributed by atoms with Gasteiger partial charge in [0.1, 0.15) is 5.82 Å². The Morgan fingerprint density at radius 3 is 2.45 bits per heavy atom. The third-order valence-electron chi connectivity index (χ3n) is 2.95. The topological polar surface area (TPSA) is 28.7 Å². The molecule has 1 aromatic heterocycles. The fraction of sp³-hybridized carbons (Fsp3) is 0.0714. The average Bonchev–Trinajstić information content (AvgIpc) is 2.80. The van der Waals surface area contributed by atoms with Crippen LogP contribution >= 0.6 is 11.6 Å². The van der Waals surface area contributed by atoms with Crippen molar-refractivity contribution in [2.45, 2.75) is 6.18 Å². The van der Waals surface area contributed by atoms with Gasteiger partial charge in [0.2, 0.25) is 0 Å². The first-order valence-electron chi connectivity index (χ1n) is 5.77. The van der Waals surface area contributed by atoms with Crippen LogP contribution in [-0.4, -0.2) is 9.97 Å². The van der Waals surface area contributed by atoms with Gasteiger partial charge in [0.05, 0.1) is 21.6 Å². The van der Waals surface area contributed by atoms with Crippen LogP contribution in [0.1, 0.15) is 5.56 Å². The molecule has 0 spiro atoms. The summed E-state index contributed by atoms with van der Waals surface area (Å²) in [7, 11) is 0. The van der Waals surface area contributed by atoms with E-state index >= 15 is 0 Å². The molecule has 0 atom stereocenters. The molecule has 3 rings (SSSR count). The second-order valence-corrected chi connectivity index (χ2v) is 4.67. The molecule has 0 saturated heterocycles. The van der Waals surface area contributed by atoms with Gasteiger partial charge in [0.25, 0.3) is 0 Å². The Morgan fingerprint density at radius 1 is 1.00 bits per heavy atom. The number of hydrogen-bond donors (Lipinski definition) is 1. The van der Waals surface area contributed by atoms with Crippen LogP contribution in [0.3, 0.4) is 0 Å². The number of hydrogen-bond acceptors (Lipinski definition) is 1. The maximum Gasteiger partial charge on any atom is 0.417 e. The smallest absolute Gasteiger partial charge is 0.338 e. The number of fused-ring (bicyclic) bond motifs is 1. The normalized spacial score (nSPS) is 12.0. The summed E-state index contributed by atoms with van der Waals surface area (Å²) in [5.74, 6) is 0.115. The molecule has 1 heterocycles. The van der Waals surface area contributed by atoms with Crippen molar-refractivity contribution in [3.8, 4) is 11.4 Å². The van der Waals surface area contributed by atoms with Crippen molar-refractivity contribution in [3.63, 3.8) is 0 Å². The lowest BCUT2D eigenvalue weighted by Crippen LogP contribution is -2.07. The van der Waals surface area contributed by atoms with Crippen LogP contribution < -0.4 is 0 Å². The summed E-state index contributed by atoms with van der Waals surface area (Å²) >= 11 is 5.94. The molecule has 2 aromatic carbocycles. The molecule has 0 aliphatic heterocycles. The molecule has 102 valence electrons. The van der Waals surface area contributed by atoms with Crippen LogP contribution in [0.5, 0.6) is 0 Å². The highest BCUT2D eigenvalue weighted by Crippen LogP contribution is 2.40. The molecule has 0 aliphatic carbocycles. The monoisotopic (exact) mass is 296 g/mol. The van der Waals surface area contributed by atoms with Crippen LogP contribution in [0.25, 0.3) is 22.4 Å². The molecular formula is C14H8ClF3N2. The number of nitrogens with zero attached hydrogens (tertiary/aromatic N) is 1. The highest BCUT2D eigenvalue weighted by atomic mass is 35.5. The van der Waals surface area contributed by atoms with Crippen LogP contribution in [0, 0.1) is 0 Å². The minimum absolute atomic E-state index is 0.0129. The molecule has 0 amide bonds. The average molecular weight is 297 g/mol. The first-order valence-corrected chi connectivity index (χ1v) is 6.15. The lowest BCUT2D eigenvalue weighted by Gasteiger charge is -2.12. The summed E-state index contributed by atoms with van der Waals surface area (Å²) < 4.78 is 39.2. The number of nitrogens with one attached hydrogen (secondary N) is 1. The van der Waals surface area contributed by atoms with Gasteiger partial charge in [-0.25, -0.2) is 4.98 Å². The maximum atomic E-state index is 13.1. The molecule has 0 radical (unpaired) electrons. The van der Waals surface area contributed by atoms with E-state index in [4.69, 9.17) is 11.6 Å². The van der Waals surface area contributed by atoms with Crippen molar-refractivity contribution in [1.82, 2.24) is 9.97 Å². The van der Waals surface area contributed by atoms with Gasteiger partial charge in [0, 0.05) is 5.56 Å². The molecule has 1 N–H and O–H groups in total. The van der Waals surface area contributed by atoms with Crippen molar-refractivity contribution in [2.75, 3.05) is 0 Å². The molecule has 6 heteroatoms. The predicted octanol–water partition coefficient (Wildman–Crippen LogP) is 4.90. The number of aromatic amines is 1. The minimum Gasteiger partial charge on any atom is -0.338 e. The third kappa shape index (κ3) is 2.14. The van der Waals surface area contributed by atoms with E-state index in [2.05, 4.69) is 9.97 Å². The second kappa shape index (κ2) is 4.52. The standard InChI is InChI=1S/C14H8ClF3N2/c15-9-5-3-4-8(14(16,17)18)12(9)13-19-10-6-1-2-7-11(10)20-13/h1-7H,(H,19,20). The van der Waals surface area contributed by atoms with Crippen LogP contribution in [-0.2, 0) is 6.18 Å². The molecule has 0 fully saturated rings. The molecule has 3 aromatic rings. The van der Waals surface area contributed by atoms with Crippen molar-refractivity contribution in [1.29, 1.82) is 0 Å². The lowest BCUT2D eigenvalue weighted by molar-refractivity contribution is -0.137. The summed E-state index contributed by atoms with van der Waals surface area (Å²) in [5.41, 5.74) is 0.327. The van der Waals surface area contributed by atoms with Crippen molar-refractivity contribution >= 4 is 22.6 Å². The quantitative estimate of drug-likeness (QED) is 0.679. The molecule has 0 bridgehead atoms. The number of alkyl halides is 3. The fourth-order valence-corrected chi connectivity index (χ4v) is 2.34. The second-order valence-electron chi connectivity index (χ2n) is 4.26. The maximum absolute atomic E-state index is 13.1. The number of para-hydroxylation sites is 2. The Bertz CT molecular complexity index is 744. The van der Waals surface area contributed by atoms with E-state index in [1.807, 2.05) is 0 Å². The van der Waals surface area contributed by atoms with Crippen LogP contribution in [0.4, 0.5) is 13.2 Å². The van der Waals surface area contributed by atoms with Gasteiger partial charge in [-0.2, -0.15) is 13.2 Å². The van der Waals surface area contributed by atoms with Gasteiger partial charge < -0.3 is 4.98 Å². The Balaban J connectivity index is 2.28. The van der Waals surface area contributed by atoms with E-state index in [0.717, 1.165) is 6.07 Å². The Morgan fingerprint density at radius 2 is 1.75 bits per heavy atom. The summed E-state index contributed by atoms with van der Waals surface area (Å²) in [4.78, 5) is 7.05. The Kier molecular flexibility index (Phi) is 2.94. The van der Waals surface area contributed by atoms with E-state index in [9.17, 15) is 13.2 Å². The van der Waals surface area contributed by atoms with Gasteiger partial charge in [-0.1, -0.05) is 29.8 Å². The van der Waals surface area contributed by atoms with Crippen LogP contribution in [0.15, 0.2) is 42.5 Å². The van der Waals surface area contributed by atoms with Crippen molar-refractivity contribution in [2.24, 2.45) is 0 Å². The zero-order valence-electron chi connectivity index (χ0n) is 10.0. The fourth-order valence-electron chi connectivity index (χ4n) is 2.07. The number of halogens is 4. The molecule has 0 unspecified atom stereocenters. The Labute approximate surface area is 117 Å². The van der Waals surface area contributed by atoms with E-state index in [-0.39, 0.29) is 16.4 Å². The van der Waals surface area contributed by atoms with Gasteiger partial charge in [-0.15, -0.1) is 0 Å². The summed E-state index contributed by atoms with van der Waals surface area (Å²) in [6, 6.07) is 10.7. The van der Waals surface area contributed by atoms with Crippen molar-refractivity contribution < 1.29 is 13.2 Å². The first-order chi connectivity index (χ1) is 9.47. The SMILES string of the molecule is FC(F)(F)c1cccc(Cl)c1-c1nc2ccccc2[nH]1. The highest BCUT2D eigenvalue weighted by Gasteiger charge is 2.35. The number of benzene rings is 2. The van der Waals surface area contributed by atoms with Crippen molar-refractivity contribution in [3.05, 3.63) is 53.1 Å². The minimum atomic E-state index is -4.49. The summed E-state index contributed by atoms with van der Waals surface area (Å²) in [6.45, 7) is 0. The van der Waals surface area contributed by atoms with E-state index in [1.54, 1.807) is 24.3 Å². The highest BCUT2D eigenvalue weighted by molar-refractivity contribution is 6.33. The Hall–Kier alpha value is -2.01. The zero-order chi connectivity index (χ0) is 14.3. The predicted molar refractivity (Wildman–Crippen MR) is 71.5 cm³/mol. The van der Waals surface area contributed by atoms with Gasteiger partial charge >= 0.3 is 6.18 Å². The number of imidazole rings is 1. The summed E-state index contributed by atoms with van der Waals surface area (Å²) in [6.07, 6.45) is -4.49. The third-order valence-corrected chi connectivity index (χ3v) is 3.26. The van der Waals surface area contributed by atoms with Gasteiger partial charge in [-0.3, -0.25) is 0 Å². The lowest BCUT2D eigenvalue weighted by atomic mass is 10.1. The number of aromatic nitrogens is 2.